The number of halogens is 1. The molecule has 2 rings (SSSR count). The molecule has 1 aromatic carbocycles. The Labute approximate surface area is 150 Å². The number of rotatable bonds is 7. The van der Waals surface area contributed by atoms with Crippen LogP contribution in [-0.4, -0.2) is 49.0 Å². The van der Waals surface area contributed by atoms with E-state index in [0.29, 0.717) is 24.5 Å². The first kappa shape index (κ1) is 20.3. The Kier molecular flexibility index (Phi) is 8.65. The molecule has 0 bridgehead atoms. The second kappa shape index (κ2) is 10.2. The normalized spacial score (nSPS) is 14.5. The van der Waals surface area contributed by atoms with Gasteiger partial charge in [-0.15, -0.1) is 12.4 Å². The lowest BCUT2D eigenvalue weighted by atomic mass is 10.1. The van der Waals surface area contributed by atoms with Gasteiger partial charge in [-0.2, -0.15) is 0 Å². The van der Waals surface area contributed by atoms with Crippen LogP contribution in [-0.2, 0) is 11.3 Å². The Bertz CT molecular complexity index is 545. The van der Waals surface area contributed by atoms with E-state index in [9.17, 15) is 4.79 Å². The summed E-state index contributed by atoms with van der Waals surface area (Å²) in [5.41, 5.74) is 7.54. The zero-order valence-electron chi connectivity index (χ0n) is 14.4. The molecule has 6 heteroatoms. The van der Waals surface area contributed by atoms with Gasteiger partial charge in [0.05, 0.1) is 12.8 Å². The largest absolute Gasteiger partial charge is 0.495 e. The average molecular weight is 354 g/mol. The Morgan fingerprint density at radius 2 is 2.08 bits per heavy atom. The molecule has 1 fully saturated rings. The van der Waals surface area contributed by atoms with Crippen molar-refractivity contribution < 1.29 is 9.53 Å². The van der Waals surface area contributed by atoms with E-state index in [-0.39, 0.29) is 18.3 Å². The molecule has 1 saturated heterocycles. The highest BCUT2D eigenvalue weighted by Crippen LogP contribution is 2.22. The number of nitrogens with two attached hydrogens (primary N) is 1. The molecular formula is C18H28ClN3O2. The van der Waals surface area contributed by atoms with Gasteiger partial charge in [-0.3, -0.25) is 4.79 Å². The molecule has 1 heterocycles. The van der Waals surface area contributed by atoms with E-state index < -0.39 is 0 Å². The summed E-state index contributed by atoms with van der Waals surface area (Å²) in [6.07, 6.45) is 5.20. The number of nitrogen functional groups attached to an aromatic ring is 1. The van der Waals surface area contributed by atoms with E-state index in [0.717, 1.165) is 25.2 Å². The molecule has 0 aliphatic carbocycles. The number of anilines is 1. The zero-order valence-corrected chi connectivity index (χ0v) is 15.2. The fourth-order valence-corrected chi connectivity index (χ4v) is 2.94. The van der Waals surface area contributed by atoms with Gasteiger partial charge < -0.3 is 20.3 Å². The van der Waals surface area contributed by atoms with Crippen molar-refractivity contribution in [2.75, 3.05) is 39.0 Å². The maximum Gasteiger partial charge on any atom is 0.246 e. The number of benzene rings is 1. The van der Waals surface area contributed by atoms with Gasteiger partial charge in [-0.05, 0) is 49.7 Å². The van der Waals surface area contributed by atoms with Crippen LogP contribution >= 0.6 is 12.4 Å². The molecule has 2 N–H and O–H groups in total. The topological polar surface area (TPSA) is 58.8 Å². The quantitative estimate of drug-likeness (QED) is 0.605. The monoisotopic (exact) mass is 353 g/mol. The van der Waals surface area contributed by atoms with Crippen LogP contribution < -0.4 is 10.5 Å². The van der Waals surface area contributed by atoms with E-state index in [1.165, 1.54) is 25.3 Å². The second-order valence-corrected chi connectivity index (χ2v) is 5.94. The van der Waals surface area contributed by atoms with Crippen LogP contribution in [0.5, 0.6) is 5.75 Å². The lowest BCUT2D eigenvalue weighted by Crippen LogP contribution is -2.39. The molecule has 0 spiro atoms. The molecule has 0 saturated carbocycles. The molecule has 0 radical (unpaired) electrons. The molecule has 1 amide bonds. The number of hydrogen-bond acceptors (Lipinski definition) is 4. The standard InChI is InChI=1S/C18H27N3O2.ClH/c1-3-18(22)21(12-11-20-9-5-4-6-10-20)14-15-7-8-17(23-2)16(19)13-15;/h3,7-8,13H,1,4-6,9-12,14,19H2,2H3;1H. The number of amides is 1. The molecule has 0 unspecified atom stereocenters. The van der Waals surface area contributed by atoms with Crippen LogP contribution in [0.2, 0.25) is 0 Å². The third kappa shape index (κ3) is 5.73. The molecule has 1 aliphatic rings. The Hall–Kier alpha value is -1.72. The summed E-state index contributed by atoms with van der Waals surface area (Å²) < 4.78 is 5.17. The lowest BCUT2D eigenvalue weighted by molar-refractivity contribution is -0.126. The maximum absolute atomic E-state index is 12.1. The van der Waals surface area contributed by atoms with E-state index in [4.69, 9.17) is 10.5 Å². The van der Waals surface area contributed by atoms with Crippen LogP contribution in [0.25, 0.3) is 0 Å². The molecule has 24 heavy (non-hydrogen) atoms. The summed E-state index contributed by atoms with van der Waals surface area (Å²) in [5, 5.41) is 0. The second-order valence-electron chi connectivity index (χ2n) is 5.94. The third-order valence-corrected chi connectivity index (χ3v) is 4.29. The van der Waals surface area contributed by atoms with E-state index in [2.05, 4.69) is 11.5 Å². The fraction of sp³-hybridized carbons (Fsp3) is 0.500. The number of methoxy groups -OCH3 is 1. The van der Waals surface area contributed by atoms with Crippen molar-refractivity contribution in [2.45, 2.75) is 25.8 Å². The van der Waals surface area contributed by atoms with Crippen LogP contribution in [0.15, 0.2) is 30.9 Å². The number of hydrogen-bond donors (Lipinski definition) is 1. The van der Waals surface area contributed by atoms with Gasteiger partial charge in [0.1, 0.15) is 5.75 Å². The van der Waals surface area contributed by atoms with E-state index >= 15 is 0 Å². The summed E-state index contributed by atoms with van der Waals surface area (Å²) in [4.78, 5) is 16.4. The number of piperidine rings is 1. The van der Waals surface area contributed by atoms with Gasteiger partial charge in [-0.25, -0.2) is 0 Å². The first-order chi connectivity index (χ1) is 11.1. The fourth-order valence-electron chi connectivity index (χ4n) is 2.94. The van der Waals surface area contributed by atoms with Crippen LogP contribution in [0.4, 0.5) is 5.69 Å². The highest BCUT2D eigenvalue weighted by molar-refractivity contribution is 5.87. The maximum atomic E-state index is 12.1. The van der Waals surface area contributed by atoms with Gasteiger partial charge in [0, 0.05) is 19.6 Å². The molecule has 134 valence electrons. The highest BCUT2D eigenvalue weighted by atomic mass is 35.5. The Balaban J connectivity index is 0.00000288. The molecule has 5 nitrogen and oxygen atoms in total. The summed E-state index contributed by atoms with van der Waals surface area (Å²) in [6, 6.07) is 5.65. The minimum absolute atomic E-state index is 0. The number of carbonyl (C=O) groups is 1. The highest BCUT2D eigenvalue weighted by Gasteiger charge is 2.15. The van der Waals surface area contributed by atoms with Crippen molar-refractivity contribution >= 4 is 24.0 Å². The molecule has 0 atom stereocenters. The van der Waals surface area contributed by atoms with Crippen LogP contribution in [0.1, 0.15) is 24.8 Å². The van der Waals surface area contributed by atoms with Gasteiger partial charge >= 0.3 is 0 Å². The third-order valence-electron chi connectivity index (χ3n) is 4.29. The van der Waals surface area contributed by atoms with Crippen molar-refractivity contribution in [3.63, 3.8) is 0 Å². The van der Waals surface area contributed by atoms with Crippen molar-refractivity contribution in [3.8, 4) is 5.75 Å². The van der Waals surface area contributed by atoms with Crippen molar-refractivity contribution in [3.05, 3.63) is 36.4 Å². The van der Waals surface area contributed by atoms with Crippen LogP contribution in [0.3, 0.4) is 0 Å². The van der Waals surface area contributed by atoms with Gasteiger partial charge in [-0.1, -0.05) is 19.1 Å². The number of likely N-dealkylation sites (tertiary alicyclic amines) is 1. The Morgan fingerprint density at radius 1 is 1.38 bits per heavy atom. The first-order valence-electron chi connectivity index (χ1n) is 8.20. The van der Waals surface area contributed by atoms with Gasteiger partial charge in [0.2, 0.25) is 5.91 Å². The number of nitrogens with zero attached hydrogens (tertiary/aromatic N) is 2. The molecule has 0 aromatic heterocycles. The zero-order chi connectivity index (χ0) is 16.7. The predicted octanol–water partition coefficient (Wildman–Crippen LogP) is 2.70. The predicted molar refractivity (Wildman–Crippen MR) is 101 cm³/mol. The van der Waals surface area contributed by atoms with Crippen molar-refractivity contribution in [1.29, 1.82) is 0 Å². The van der Waals surface area contributed by atoms with Crippen LogP contribution in [0, 0.1) is 0 Å². The minimum atomic E-state index is -0.0450. The smallest absolute Gasteiger partial charge is 0.246 e. The van der Waals surface area contributed by atoms with E-state index in [1.54, 1.807) is 7.11 Å². The summed E-state index contributed by atoms with van der Waals surface area (Å²) in [7, 11) is 1.59. The first-order valence-corrected chi connectivity index (χ1v) is 8.20. The summed E-state index contributed by atoms with van der Waals surface area (Å²) in [5.74, 6) is 0.611. The molecule has 1 aliphatic heterocycles. The van der Waals surface area contributed by atoms with Crippen molar-refractivity contribution in [2.24, 2.45) is 0 Å². The summed E-state index contributed by atoms with van der Waals surface area (Å²) >= 11 is 0. The van der Waals surface area contributed by atoms with Gasteiger partial charge in [0.15, 0.2) is 0 Å². The molecular weight excluding hydrogens is 326 g/mol. The Morgan fingerprint density at radius 3 is 2.67 bits per heavy atom. The SMILES string of the molecule is C=CC(=O)N(CCN1CCCCC1)Cc1ccc(OC)c(N)c1.Cl. The molecule has 1 aromatic rings. The van der Waals surface area contributed by atoms with Gasteiger partial charge in [0.25, 0.3) is 0 Å². The minimum Gasteiger partial charge on any atom is -0.495 e. The number of carbonyl (C=O) groups excluding carboxylic acids is 1. The number of ether oxygens (including phenoxy) is 1. The average Bonchev–Trinajstić information content (AvgIpc) is 2.59. The lowest BCUT2D eigenvalue weighted by Gasteiger charge is -2.29. The summed E-state index contributed by atoms with van der Waals surface area (Å²) in [6.45, 7) is 8.02. The van der Waals surface area contributed by atoms with Crippen molar-refractivity contribution in [1.82, 2.24) is 9.80 Å². The van der Waals surface area contributed by atoms with E-state index in [1.807, 2.05) is 23.1 Å².